The monoisotopic (exact) mass is 284 g/mol. The minimum absolute atomic E-state index is 0.287. The molecule has 1 aromatic rings. The Bertz CT molecular complexity index is 452. The molecule has 1 aliphatic heterocycles. The molecular weight excluding hydrogens is 264 g/mol. The van der Waals surface area contributed by atoms with Gasteiger partial charge in [-0.1, -0.05) is 0 Å². The largest absolute Gasteiger partial charge is 0.481 e. The number of hydrogen-bond donors (Lipinski definition) is 2. The standard InChI is InChI=1S/C13H20N2O3S/c1-8(9-4-5-18-6-9)14-12-15-10(7-19-12)13(2,3)11(16)17/h7-9H,4-6H2,1-3H3,(H,14,15)(H,16,17). The van der Waals surface area contributed by atoms with E-state index >= 15 is 0 Å². The highest BCUT2D eigenvalue weighted by Crippen LogP contribution is 2.28. The molecule has 0 saturated carbocycles. The fraction of sp³-hybridized carbons (Fsp3) is 0.692. The Balaban J connectivity index is 2.03. The Morgan fingerprint density at radius 1 is 1.68 bits per heavy atom. The molecule has 1 aromatic heterocycles. The van der Waals surface area contributed by atoms with E-state index in [2.05, 4.69) is 17.2 Å². The van der Waals surface area contributed by atoms with Gasteiger partial charge in [0.2, 0.25) is 0 Å². The van der Waals surface area contributed by atoms with Crippen LogP contribution in [0.2, 0.25) is 0 Å². The van der Waals surface area contributed by atoms with E-state index in [0.29, 0.717) is 11.6 Å². The number of hydrogen-bond acceptors (Lipinski definition) is 5. The number of carboxylic acid groups (broad SMARTS) is 1. The van der Waals surface area contributed by atoms with Crippen LogP contribution in [0, 0.1) is 5.92 Å². The molecular formula is C13H20N2O3S. The second-order valence-corrected chi connectivity index (χ2v) is 6.38. The number of aromatic nitrogens is 1. The molecule has 0 aromatic carbocycles. The van der Waals surface area contributed by atoms with Crippen molar-refractivity contribution in [3.8, 4) is 0 Å². The van der Waals surface area contributed by atoms with Gasteiger partial charge in [0.15, 0.2) is 5.13 Å². The summed E-state index contributed by atoms with van der Waals surface area (Å²) in [6.45, 7) is 7.06. The number of aliphatic carboxylic acids is 1. The highest BCUT2D eigenvalue weighted by molar-refractivity contribution is 7.13. The molecule has 0 spiro atoms. The number of anilines is 1. The van der Waals surface area contributed by atoms with Crippen molar-refractivity contribution in [1.82, 2.24) is 4.98 Å². The van der Waals surface area contributed by atoms with Crippen molar-refractivity contribution in [3.63, 3.8) is 0 Å². The van der Waals surface area contributed by atoms with Crippen molar-refractivity contribution in [3.05, 3.63) is 11.1 Å². The molecule has 2 N–H and O–H groups in total. The molecule has 2 heterocycles. The fourth-order valence-corrected chi connectivity index (χ4v) is 2.97. The number of rotatable bonds is 5. The van der Waals surface area contributed by atoms with Crippen LogP contribution in [0.15, 0.2) is 5.38 Å². The molecule has 2 rings (SSSR count). The Morgan fingerprint density at radius 3 is 3.00 bits per heavy atom. The third kappa shape index (κ3) is 3.06. The van der Waals surface area contributed by atoms with Crippen LogP contribution in [0.1, 0.15) is 32.9 Å². The van der Waals surface area contributed by atoms with E-state index in [-0.39, 0.29) is 6.04 Å². The highest BCUT2D eigenvalue weighted by Gasteiger charge is 2.32. The van der Waals surface area contributed by atoms with Gasteiger partial charge in [-0.2, -0.15) is 0 Å². The number of nitrogens with one attached hydrogen (secondary N) is 1. The molecule has 2 unspecified atom stereocenters. The van der Waals surface area contributed by atoms with Gasteiger partial charge >= 0.3 is 5.97 Å². The summed E-state index contributed by atoms with van der Waals surface area (Å²) in [7, 11) is 0. The zero-order valence-corrected chi connectivity index (χ0v) is 12.3. The van der Waals surface area contributed by atoms with Gasteiger partial charge in [0.25, 0.3) is 0 Å². The maximum Gasteiger partial charge on any atom is 0.315 e. The molecule has 0 amide bonds. The highest BCUT2D eigenvalue weighted by atomic mass is 32.1. The average Bonchev–Trinajstić information content (AvgIpc) is 2.99. The second-order valence-electron chi connectivity index (χ2n) is 5.52. The Hall–Kier alpha value is -1.14. The number of nitrogens with zero attached hydrogens (tertiary/aromatic N) is 1. The minimum Gasteiger partial charge on any atom is -0.481 e. The van der Waals surface area contributed by atoms with Crippen molar-refractivity contribution in [2.45, 2.75) is 38.6 Å². The van der Waals surface area contributed by atoms with Gasteiger partial charge in [-0.15, -0.1) is 11.3 Å². The van der Waals surface area contributed by atoms with Crippen LogP contribution in [0.25, 0.3) is 0 Å². The number of ether oxygens (including phenoxy) is 1. The Labute approximate surface area is 117 Å². The van der Waals surface area contributed by atoms with Crippen molar-refractivity contribution < 1.29 is 14.6 Å². The van der Waals surface area contributed by atoms with Gasteiger partial charge in [0.05, 0.1) is 12.3 Å². The lowest BCUT2D eigenvalue weighted by Crippen LogP contribution is -2.29. The van der Waals surface area contributed by atoms with Crippen LogP contribution in [0.5, 0.6) is 0 Å². The summed E-state index contributed by atoms with van der Waals surface area (Å²) in [4.78, 5) is 15.6. The van der Waals surface area contributed by atoms with Gasteiger partial charge in [-0.05, 0) is 27.2 Å². The number of carbonyl (C=O) groups is 1. The summed E-state index contributed by atoms with van der Waals surface area (Å²) in [5.41, 5.74) is -0.349. The van der Waals surface area contributed by atoms with Gasteiger partial charge in [-0.25, -0.2) is 4.98 Å². The maximum atomic E-state index is 11.2. The van der Waals surface area contributed by atoms with Gasteiger partial charge in [-0.3, -0.25) is 4.79 Å². The average molecular weight is 284 g/mol. The van der Waals surface area contributed by atoms with Gasteiger partial charge < -0.3 is 15.2 Å². The molecule has 5 nitrogen and oxygen atoms in total. The SMILES string of the molecule is CC(Nc1nc(C(C)(C)C(=O)O)cs1)C1CCOC1. The molecule has 1 aliphatic rings. The van der Waals surface area contributed by atoms with E-state index in [9.17, 15) is 9.90 Å². The first-order chi connectivity index (χ1) is 8.91. The molecule has 0 bridgehead atoms. The van der Waals surface area contributed by atoms with E-state index in [4.69, 9.17) is 4.74 Å². The lowest BCUT2D eigenvalue weighted by atomic mass is 9.90. The van der Waals surface area contributed by atoms with Crippen LogP contribution < -0.4 is 5.32 Å². The first-order valence-electron chi connectivity index (χ1n) is 6.45. The van der Waals surface area contributed by atoms with E-state index in [1.165, 1.54) is 11.3 Å². The molecule has 106 valence electrons. The molecule has 19 heavy (non-hydrogen) atoms. The first-order valence-corrected chi connectivity index (χ1v) is 7.33. The normalized spacial score (nSPS) is 21.3. The summed E-state index contributed by atoms with van der Waals surface area (Å²) in [5.74, 6) is -0.360. The van der Waals surface area contributed by atoms with Crippen LogP contribution in [-0.2, 0) is 14.9 Å². The third-order valence-corrected chi connectivity index (χ3v) is 4.48. The number of thiazole rings is 1. The topological polar surface area (TPSA) is 71.5 Å². The van der Waals surface area contributed by atoms with Crippen molar-refractivity contribution >= 4 is 22.4 Å². The maximum absolute atomic E-state index is 11.2. The zero-order chi connectivity index (χ0) is 14.0. The molecule has 0 aliphatic carbocycles. The summed E-state index contributed by atoms with van der Waals surface area (Å²) in [5, 5.41) is 15.1. The van der Waals surface area contributed by atoms with Crippen molar-refractivity contribution in [2.24, 2.45) is 5.92 Å². The van der Waals surface area contributed by atoms with Crippen LogP contribution >= 0.6 is 11.3 Å². The van der Waals surface area contributed by atoms with Gasteiger partial charge in [0, 0.05) is 23.9 Å². The first kappa shape index (κ1) is 14.3. The summed E-state index contributed by atoms with van der Waals surface area (Å²) < 4.78 is 5.37. The third-order valence-electron chi connectivity index (χ3n) is 3.70. The van der Waals surface area contributed by atoms with Crippen molar-refractivity contribution in [2.75, 3.05) is 18.5 Å². The van der Waals surface area contributed by atoms with Crippen molar-refractivity contribution in [1.29, 1.82) is 0 Å². The molecule has 1 fully saturated rings. The predicted molar refractivity (Wildman–Crippen MR) is 74.8 cm³/mol. The van der Waals surface area contributed by atoms with Gasteiger partial charge in [0.1, 0.15) is 5.41 Å². The lowest BCUT2D eigenvalue weighted by molar-refractivity contribution is -0.142. The number of carboxylic acids is 1. The zero-order valence-electron chi connectivity index (χ0n) is 11.5. The smallest absolute Gasteiger partial charge is 0.315 e. The fourth-order valence-electron chi connectivity index (χ4n) is 2.00. The van der Waals surface area contributed by atoms with E-state index in [1.54, 1.807) is 13.8 Å². The van der Waals surface area contributed by atoms with Crippen LogP contribution in [0.4, 0.5) is 5.13 Å². The summed E-state index contributed by atoms with van der Waals surface area (Å²) >= 11 is 1.45. The molecule has 6 heteroatoms. The summed E-state index contributed by atoms with van der Waals surface area (Å²) in [6, 6.07) is 0.287. The Kier molecular flexibility index (Phi) is 4.10. The summed E-state index contributed by atoms with van der Waals surface area (Å²) in [6.07, 6.45) is 1.06. The van der Waals surface area contributed by atoms with E-state index in [0.717, 1.165) is 24.8 Å². The van der Waals surface area contributed by atoms with E-state index < -0.39 is 11.4 Å². The lowest BCUT2D eigenvalue weighted by Gasteiger charge is -2.19. The quantitative estimate of drug-likeness (QED) is 0.868. The predicted octanol–water partition coefficient (Wildman–Crippen LogP) is 2.34. The molecule has 0 radical (unpaired) electrons. The molecule has 2 atom stereocenters. The Morgan fingerprint density at radius 2 is 2.42 bits per heavy atom. The minimum atomic E-state index is -0.948. The molecule has 1 saturated heterocycles. The van der Waals surface area contributed by atoms with Crippen LogP contribution in [-0.4, -0.2) is 35.3 Å². The van der Waals surface area contributed by atoms with E-state index in [1.807, 2.05) is 5.38 Å². The second kappa shape index (κ2) is 5.46. The van der Waals surface area contributed by atoms with Crippen LogP contribution in [0.3, 0.4) is 0 Å².